The first-order valence-corrected chi connectivity index (χ1v) is 13.2. The van der Waals surface area contributed by atoms with Gasteiger partial charge in [0.1, 0.15) is 24.4 Å². The molecule has 1 fully saturated rings. The smallest absolute Gasteiger partial charge is 0.192 e. The summed E-state index contributed by atoms with van der Waals surface area (Å²) >= 11 is 3.40. The molecule has 1 aromatic rings. The molecule has 1 aromatic carbocycles. The summed E-state index contributed by atoms with van der Waals surface area (Å²) < 4.78 is 24.1. The molecule has 0 saturated carbocycles. The van der Waals surface area contributed by atoms with Gasteiger partial charge in [-0.15, -0.1) is 0 Å². The van der Waals surface area contributed by atoms with Gasteiger partial charge in [-0.05, 0) is 35.8 Å². The van der Waals surface area contributed by atoms with Gasteiger partial charge in [0.15, 0.2) is 14.6 Å². The highest BCUT2D eigenvalue weighted by Gasteiger charge is 2.47. The average Bonchev–Trinajstić information content (AvgIpc) is 2.61. The number of hydrogen-bond acceptors (Lipinski definition) is 6. The van der Waals surface area contributed by atoms with Gasteiger partial charge in [0, 0.05) is 11.6 Å². The molecule has 2 N–H and O–H groups in total. The number of methoxy groups -OCH3 is 1. The number of aliphatic hydroxyl groups is 2. The molecule has 1 aliphatic heterocycles. The number of halogens is 1. The van der Waals surface area contributed by atoms with E-state index >= 15 is 0 Å². The Morgan fingerprint density at radius 2 is 1.71 bits per heavy atom. The third kappa shape index (κ3) is 5.86. The summed E-state index contributed by atoms with van der Waals surface area (Å²) in [5.74, 6) is 0. The molecule has 160 valence electrons. The van der Waals surface area contributed by atoms with Crippen LogP contribution in [-0.2, 0) is 25.2 Å². The molecule has 0 unspecified atom stereocenters. The van der Waals surface area contributed by atoms with Crippen LogP contribution in [0.3, 0.4) is 0 Å². The van der Waals surface area contributed by atoms with Crippen LogP contribution in [0.4, 0.5) is 0 Å². The lowest BCUT2D eigenvalue weighted by Crippen LogP contribution is -2.60. The lowest BCUT2D eigenvalue weighted by molar-refractivity contribution is -0.302. The predicted octanol–water partition coefficient (Wildman–Crippen LogP) is 3.45. The second kappa shape index (κ2) is 9.66. The van der Waals surface area contributed by atoms with Gasteiger partial charge < -0.3 is 28.8 Å². The third-order valence-corrected chi connectivity index (χ3v) is 10.7. The molecule has 0 aromatic heterocycles. The maximum absolute atomic E-state index is 10.8. The largest absolute Gasteiger partial charge is 0.414 e. The zero-order valence-corrected chi connectivity index (χ0v) is 20.1. The van der Waals surface area contributed by atoms with Crippen LogP contribution in [0.2, 0.25) is 18.1 Å². The Kier molecular flexibility index (Phi) is 8.26. The van der Waals surface area contributed by atoms with Crippen molar-refractivity contribution in [1.29, 1.82) is 0 Å². The number of ether oxygens (including phenoxy) is 3. The van der Waals surface area contributed by atoms with E-state index in [1.165, 1.54) is 7.11 Å². The van der Waals surface area contributed by atoms with Gasteiger partial charge in [0.2, 0.25) is 0 Å². The fourth-order valence-corrected chi connectivity index (χ4v) is 3.99. The van der Waals surface area contributed by atoms with Gasteiger partial charge in [-0.1, -0.05) is 48.8 Å². The summed E-state index contributed by atoms with van der Waals surface area (Å²) in [4.78, 5) is 0. The predicted molar refractivity (Wildman–Crippen MR) is 114 cm³/mol. The van der Waals surface area contributed by atoms with E-state index in [4.69, 9.17) is 18.6 Å². The van der Waals surface area contributed by atoms with E-state index in [-0.39, 0.29) is 18.3 Å². The summed E-state index contributed by atoms with van der Waals surface area (Å²) in [5.41, 5.74) is 0.942. The molecule has 0 radical (unpaired) electrons. The summed E-state index contributed by atoms with van der Waals surface area (Å²) in [6, 6.07) is 7.69. The van der Waals surface area contributed by atoms with E-state index in [1.807, 2.05) is 24.3 Å². The van der Waals surface area contributed by atoms with Crippen LogP contribution in [0.5, 0.6) is 0 Å². The van der Waals surface area contributed by atoms with Crippen molar-refractivity contribution in [3.8, 4) is 0 Å². The molecule has 0 amide bonds. The molecule has 5 atom stereocenters. The van der Waals surface area contributed by atoms with Crippen LogP contribution in [0.1, 0.15) is 26.3 Å². The Balaban J connectivity index is 2.06. The molecule has 28 heavy (non-hydrogen) atoms. The van der Waals surface area contributed by atoms with Crippen LogP contribution in [0.15, 0.2) is 28.7 Å². The first-order chi connectivity index (χ1) is 13.0. The lowest BCUT2D eigenvalue weighted by Gasteiger charge is -2.43. The van der Waals surface area contributed by atoms with Gasteiger partial charge in [-0.25, -0.2) is 0 Å². The van der Waals surface area contributed by atoms with E-state index in [1.54, 1.807) is 0 Å². The van der Waals surface area contributed by atoms with Crippen molar-refractivity contribution in [3.63, 3.8) is 0 Å². The van der Waals surface area contributed by atoms with E-state index < -0.39 is 39.0 Å². The molecule has 2 rings (SSSR count). The molecular formula is C20H33BrO6Si. The summed E-state index contributed by atoms with van der Waals surface area (Å²) in [6.07, 6.45) is -4.49. The number of hydrogen-bond donors (Lipinski definition) is 2. The minimum absolute atomic E-state index is 0.0459. The minimum Gasteiger partial charge on any atom is -0.414 e. The normalized spacial score (nSPS) is 29.1. The van der Waals surface area contributed by atoms with Crippen molar-refractivity contribution < 1.29 is 28.8 Å². The number of benzene rings is 1. The Labute approximate surface area is 177 Å². The van der Waals surface area contributed by atoms with Crippen molar-refractivity contribution in [2.24, 2.45) is 0 Å². The van der Waals surface area contributed by atoms with Crippen molar-refractivity contribution in [2.75, 3.05) is 13.7 Å². The Morgan fingerprint density at radius 3 is 2.25 bits per heavy atom. The molecule has 0 bridgehead atoms. The minimum atomic E-state index is -2.01. The van der Waals surface area contributed by atoms with Crippen molar-refractivity contribution >= 4 is 24.2 Å². The monoisotopic (exact) mass is 476 g/mol. The highest BCUT2D eigenvalue weighted by atomic mass is 79.9. The molecule has 0 spiro atoms. The highest BCUT2D eigenvalue weighted by Crippen LogP contribution is 2.37. The third-order valence-electron chi connectivity index (χ3n) is 5.64. The summed E-state index contributed by atoms with van der Waals surface area (Å²) in [7, 11) is -0.544. The molecule has 1 saturated heterocycles. The van der Waals surface area contributed by atoms with Crippen molar-refractivity contribution in [1.82, 2.24) is 0 Å². The standard InChI is InChI=1S/C20H33BrO6Si/c1-20(2,3)28(5,6)26-12-15-16(22)18(17(23)19(24-4)27-15)25-11-13-7-9-14(21)10-8-13/h7-10,15-19,22-23H,11-12H2,1-6H3/t15-,16-,17+,18+,19+/m1/s1. The number of rotatable bonds is 7. The van der Waals surface area contributed by atoms with Gasteiger partial charge in [-0.3, -0.25) is 0 Å². The first kappa shape index (κ1) is 24.0. The van der Waals surface area contributed by atoms with Crippen LogP contribution < -0.4 is 0 Å². The fourth-order valence-electron chi connectivity index (χ4n) is 2.71. The zero-order valence-electron chi connectivity index (χ0n) is 17.5. The quantitative estimate of drug-likeness (QED) is 0.586. The molecule has 0 aliphatic carbocycles. The molecule has 1 aliphatic rings. The molecule has 8 heteroatoms. The van der Waals surface area contributed by atoms with Crippen molar-refractivity contribution in [3.05, 3.63) is 34.3 Å². The Hall–Kier alpha value is -0.323. The van der Waals surface area contributed by atoms with Gasteiger partial charge in [0.05, 0.1) is 13.2 Å². The maximum atomic E-state index is 10.8. The van der Waals surface area contributed by atoms with Gasteiger partial charge in [-0.2, -0.15) is 0 Å². The van der Waals surface area contributed by atoms with E-state index in [0.717, 1.165) is 10.0 Å². The van der Waals surface area contributed by atoms with E-state index in [0.29, 0.717) is 0 Å². The lowest BCUT2D eigenvalue weighted by atomic mass is 9.99. The average molecular weight is 477 g/mol. The summed E-state index contributed by atoms with van der Waals surface area (Å²) in [6.45, 7) is 11.2. The molecule has 1 heterocycles. The topological polar surface area (TPSA) is 77.4 Å². The molecular weight excluding hydrogens is 444 g/mol. The molecule has 6 nitrogen and oxygen atoms in total. The van der Waals surface area contributed by atoms with Crippen LogP contribution >= 0.6 is 15.9 Å². The van der Waals surface area contributed by atoms with Crippen LogP contribution in [-0.4, -0.2) is 63.0 Å². The van der Waals surface area contributed by atoms with Crippen LogP contribution in [0, 0.1) is 0 Å². The highest BCUT2D eigenvalue weighted by molar-refractivity contribution is 9.10. The van der Waals surface area contributed by atoms with E-state index in [9.17, 15) is 10.2 Å². The Bertz CT molecular complexity index is 618. The van der Waals surface area contributed by atoms with Crippen molar-refractivity contribution in [2.45, 2.75) is 76.2 Å². The second-order valence-electron chi connectivity index (χ2n) is 8.73. The second-order valence-corrected chi connectivity index (χ2v) is 14.5. The van der Waals surface area contributed by atoms with Gasteiger partial charge in [0.25, 0.3) is 0 Å². The van der Waals surface area contributed by atoms with Gasteiger partial charge >= 0.3 is 0 Å². The Morgan fingerprint density at radius 1 is 1.11 bits per heavy atom. The number of aliphatic hydroxyl groups excluding tert-OH is 2. The SMILES string of the molecule is CO[C@H]1O[C@H](CO[Si](C)(C)C(C)(C)C)[C@@H](O)[C@H](OCc2ccc(Br)cc2)[C@@H]1O. The fraction of sp³-hybridized carbons (Fsp3) is 0.700. The van der Waals surface area contributed by atoms with E-state index in [2.05, 4.69) is 49.8 Å². The van der Waals surface area contributed by atoms with Crippen LogP contribution in [0.25, 0.3) is 0 Å². The zero-order chi connectivity index (χ0) is 21.1. The first-order valence-electron chi connectivity index (χ1n) is 9.50. The summed E-state index contributed by atoms with van der Waals surface area (Å²) in [5, 5.41) is 21.4. The maximum Gasteiger partial charge on any atom is 0.192 e.